The summed E-state index contributed by atoms with van der Waals surface area (Å²) in [5.41, 5.74) is 0. The van der Waals surface area contributed by atoms with Crippen LogP contribution in [0.5, 0.6) is 11.5 Å². The van der Waals surface area contributed by atoms with Crippen LogP contribution in [0.3, 0.4) is 0 Å². The van der Waals surface area contributed by atoms with Crippen molar-refractivity contribution >= 4 is 44.6 Å². The van der Waals surface area contributed by atoms with E-state index in [1.54, 1.807) is 11.3 Å². The van der Waals surface area contributed by atoms with Crippen LogP contribution in [0.15, 0.2) is 23.6 Å². The van der Waals surface area contributed by atoms with Crippen molar-refractivity contribution in [3.8, 4) is 11.5 Å². The molecule has 0 fully saturated rings. The molecule has 0 bridgehead atoms. The van der Waals surface area contributed by atoms with Gasteiger partial charge in [-0.05, 0) is 42.2 Å². The van der Waals surface area contributed by atoms with E-state index in [0.717, 1.165) is 30.8 Å². The predicted molar refractivity (Wildman–Crippen MR) is 88.1 cm³/mol. The lowest BCUT2D eigenvalue weighted by Gasteiger charge is -2.13. The molecule has 20 heavy (non-hydrogen) atoms. The van der Waals surface area contributed by atoms with Crippen LogP contribution in [0.25, 0.3) is 10.1 Å². The zero-order valence-electron chi connectivity index (χ0n) is 11.2. The van der Waals surface area contributed by atoms with Gasteiger partial charge in [0.25, 0.3) is 0 Å². The van der Waals surface area contributed by atoms with Crippen LogP contribution < -0.4 is 9.47 Å². The molecule has 1 aromatic carbocycles. The van der Waals surface area contributed by atoms with Crippen molar-refractivity contribution in [3.05, 3.63) is 23.6 Å². The summed E-state index contributed by atoms with van der Waals surface area (Å²) < 4.78 is 12.8. The average molecular weight is 333 g/mol. The highest BCUT2D eigenvalue weighted by Gasteiger charge is 2.08. The van der Waals surface area contributed by atoms with Gasteiger partial charge in [-0.25, -0.2) is 0 Å². The fraction of sp³-hybridized carbons (Fsp3) is 0.467. The molecule has 2 aromatic rings. The van der Waals surface area contributed by atoms with Crippen LogP contribution in [0, 0.1) is 0 Å². The van der Waals surface area contributed by atoms with Gasteiger partial charge in [0, 0.05) is 22.5 Å². The maximum absolute atomic E-state index is 5.84. The van der Waals surface area contributed by atoms with E-state index in [9.17, 15) is 0 Å². The minimum atomic E-state index is 0.604. The Morgan fingerprint density at radius 1 is 0.900 bits per heavy atom. The summed E-state index contributed by atoms with van der Waals surface area (Å²) >= 11 is 13.1. The smallest absolute Gasteiger partial charge is 0.162 e. The van der Waals surface area contributed by atoms with Gasteiger partial charge < -0.3 is 9.47 Å². The number of fused-ring (bicyclic) bond motifs is 1. The van der Waals surface area contributed by atoms with Gasteiger partial charge in [-0.15, -0.1) is 34.5 Å². The third-order valence-corrected chi connectivity index (χ3v) is 4.25. The highest BCUT2D eigenvalue weighted by molar-refractivity contribution is 7.17. The van der Waals surface area contributed by atoms with Crippen LogP contribution in [0.2, 0.25) is 0 Å². The van der Waals surface area contributed by atoms with E-state index in [4.69, 9.17) is 32.7 Å². The van der Waals surface area contributed by atoms with Gasteiger partial charge in [-0.3, -0.25) is 0 Å². The summed E-state index contributed by atoms with van der Waals surface area (Å²) in [6.07, 6.45) is 2.74. The molecule has 0 amide bonds. The van der Waals surface area contributed by atoms with E-state index in [0.29, 0.717) is 25.0 Å². The van der Waals surface area contributed by atoms with E-state index in [-0.39, 0.29) is 0 Å². The Morgan fingerprint density at radius 2 is 1.60 bits per heavy atom. The van der Waals surface area contributed by atoms with Gasteiger partial charge in [-0.1, -0.05) is 0 Å². The number of ether oxygens (including phenoxy) is 2. The van der Waals surface area contributed by atoms with Crippen LogP contribution in [-0.4, -0.2) is 25.0 Å². The van der Waals surface area contributed by atoms with Gasteiger partial charge in [-0.2, -0.15) is 0 Å². The highest BCUT2D eigenvalue weighted by Crippen LogP contribution is 2.35. The molecule has 2 rings (SSSR count). The maximum atomic E-state index is 5.84. The zero-order chi connectivity index (χ0) is 14.2. The standard InChI is InChI=1S/C15H18Cl2O2S/c16-5-1-2-7-18-13-10-12-4-9-20-15(12)11-14(13)19-8-3-6-17/h4,9-11H,1-3,5-8H2. The van der Waals surface area contributed by atoms with E-state index in [2.05, 4.69) is 11.4 Å². The first-order valence-electron chi connectivity index (χ1n) is 6.74. The Labute approximate surface area is 133 Å². The minimum Gasteiger partial charge on any atom is -0.490 e. The first-order chi connectivity index (χ1) is 9.85. The Bertz CT molecular complexity index is 528. The second-order valence-electron chi connectivity index (χ2n) is 4.39. The van der Waals surface area contributed by atoms with Crippen molar-refractivity contribution in [2.45, 2.75) is 19.3 Å². The fourth-order valence-corrected chi connectivity index (χ4v) is 2.91. The van der Waals surface area contributed by atoms with Gasteiger partial charge in [0.15, 0.2) is 11.5 Å². The average Bonchev–Trinajstić information content (AvgIpc) is 2.91. The normalized spacial score (nSPS) is 10.9. The molecule has 0 atom stereocenters. The fourth-order valence-electron chi connectivity index (χ4n) is 1.81. The van der Waals surface area contributed by atoms with Crippen LogP contribution in [-0.2, 0) is 0 Å². The Hall–Kier alpha value is -0.640. The summed E-state index contributed by atoms with van der Waals surface area (Å²) in [6, 6.07) is 6.18. The number of hydrogen-bond donors (Lipinski definition) is 0. The summed E-state index contributed by atoms with van der Waals surface area (Å²) in [7, 11) is 0. The third kappa shape index (κ3) is 4.44. The largest absolute Gasteiger partial charge is 0.490 e. The molecule has 0 aliphatic carbocycles. The second-order valence-corrected chi connectivity index (χ2v) is 6.10. The lowest BCUT2D eigenvalue weighted by atomic mass is 10.2. The first kappa shape index (κ1) is 15.7. The molecule has 2 nitrogen and oxygen atoms in total. The molecule has 5 heteroatoms. The first-order valence-corrected chi connectivity index (χ1v) is 8.69. The van der Waals surface area contributed by atoms with Gasteiger partial charge in [0.2, 0.25) is 0 Å². The van der Waals surface area contributed by atoms with E-state index in [1.807, 2.05) is 12.1 Å². The molecule has 0 unspecified atom stereocenters. The lowest BCUT2D eigenvalue weighted by molar-refractivity contribution is 0.266. The van der Waals surface area contributed by atoms with Crippen molar-refractivity contribution < 1.29 is 9.47 Å². The topological polar surface area (TPSA) is 18.5 Å². The van der Waals surface area contributed by atoms with Gasteiger partial charge in [0.1, 0.15) is 0 Å². The zero-order valence-corrected chi connectivity index (χ0v) is 13.6. The summed E-state index contributed by atoms with van der Waals surface area (Å²) in [5, 5.41) is 3.26. The molecule has 0 saturated heterocycles. The summed E-state index contributed by atoms with van der Waals surface area (Å²) in [5.74, 6) is 2.88. The number of alkyl halides is 2. The highest BCUT2D eigenvalue weighted by atomic mass is 35.5. The molecule has 1 heterocycles. The molecule has 0 N–H and O–H groups in total. The SMILES string of the molecule is ClCCCCOc1cc2ccsc2cc1OCCCCl. The second kappa shape index (κ2) is 8.60. The molecule has 0 spiro atoms. The predicted octanol–water partition coefficient (Wildman–Crippen LogP) is 5.31. The Morgan fingerprint density at radius 3 is 2.35 bits per heavy atom. The van der Waals surface area contributed by atoms with E-state index < -0.39 is 0 Å². The Balaban J connectivity index is 2.08. The third-order valence-electron chi connectivity index (χ3n) is 2.84. The molecule has 0 aliphatic rings. The van der Waals surface area contributed by atoms with Crippen LogP contribution in [0.4, 0.5) is 0 Å². The lowest BCUT2D eigenvalue weighted by Crippen LogP contribution is -2.03. The van der Waals surface area contributed by atoms with E-state index >= 15 is 0 Å². The summed E-state index contributed by atoms with van der Waals surface area (Å²) in [6.45, 7) is 1.27. The number of unbranched alkanes of at least 4 members (excludes halogenated alkanes) is 1. The maximum Gasteiger partial charge on any atom is 0.162 e. The van der Waals surface area contributed by atoms with Gasteiger partial charge in [0.05, 0.1) is 13.2 Å². The van der Waals surface area contributed by atoms with Gasteiger partial charge >= 0.3 is 0 Å². The molecule has 110 valence electrons. The molecule has 0 aliphatic heterocycles. The molecular formula is C15H18Cl2O2S. The number of halogens is 2. The number of hydrogen-bond acceptors (Lipinski definition) is 3. The van der Waals surface area contributed by atoms with Crippen molar-refractivity contribution in [1.29, 1.82) is 0 Å². The number of rotatable bonds is 9. The molecule has 1 aromatic heterocycles. The monoisotopic (exact) mass is 332 g/mol. The van der Waals surface area contributed by atoms with Crippen molar-refractivity contribution in [2.75, 3.05) is 25.0 Å². The van der Waals surface area contributed by atoms with Crippen LogP contribution >= 0.6 is 34.5 Å². The van der Waals surface area contributed by atoms with E-state index in [1.165, 1.54) is 10.1 Å². The van der Waals surface area contributed by atoms with Crippen molar-refractivity contribution in [2.24, 2.45) is 0 Å². The molecule has 0 saturated carbocycles. The van der Waals surface area contributed by atoms with Crippen molar-refractivity contribution in [1.82, 2.24) is 0 Å². The number of benzene rings is 1. The molecule has 0 radical (unpaired) electrons. The van der Waals surface area contributed by atoms with Crippen molar-refractivity contribution in [3.63, 3.8) is 0 Å². The summed E-state index contributed by atoms with van der Waals surface area (Å²) in [4.78, 5) is 0. The van der Waals surface area contributed by atoms with Crippen LogP contribution in [0.1, 0.15) is 19.3 Å². The number of thiophene rings is 1. The minimum absolute atomic E-state index is 0.604. The molecular weight excluding hydrogens is 315 g/mol. The quantitative estimate of drug-likeness (QED) is 0.457. The Kier molecular flexibility index (Phi) is 6.77.